The molecule has 0 amide bonds. The first-order valence-corrected chi connectivity index (χ1v) is 9.85. The molecule has 29 heavy (non-hydrogen) atoms. The highest BCUT2D eigenvalue weighted by molar-refractivity contribution is 5.89. The second-order valence-corrected chi connectivity index (χ2v) is 6.71. The molecule has 0 fully saturated rings. The van der Waals surface area contributed by atoms with E-state index in [1.807, 2.05) is 47.4 Å². The number of carbonyl (C=O) groups excluding carboxylic acids is 2. The number of nitrogens with zero attached hydrogens (tertiary/aromatic N) is 1. The van der Waals surface area contributed by atoms with Gasteiger partial charge in [0.15, 0.2) is 0 Å². The molecule has 6 heteroatoms. The average molecular weight is 399 g/mol. The molecule has 2 rings (SSSR count). The van der Waals surface area contributed by atoms with E-state index in [9.17, 15) is 14.7 Å². The molecule has 0 bridgehead atoms. The standard InChI is InChI=1S/C23H29NO5/c1-3-29-21(25)11-7-8-16-24(22(26)19-9-5-4-6-10-19)17-18-12-14-20(15-13-18)23(27)28-2/h4-6,9-10,12-15,22,26H,3,7-8,11,16-17H2,1-2H3. The Morgan fingerprint density at radius 2 is 1.72 bits per heavy atom. The van der Waals surface area contributed by atoms with Gasteiger partial charge in [-0.25, -0.2) is 4.79 Å². The lowest BCUT2D eigenvalue weighted by Gasteiger charge is -2.28. The van der Waals surface area contributed by atoms with Crippen LogP contribution >= 0.6 is 0 Å². The first-order valence-electron chi connectivity index (χ1n) is 9.85. The Morgan fingerprint density at radius 3 is 2.34 bits per heavy atom. The van der Waals surface area contributed by atoms with Crippen LogP contribution < -0.4 is 0 Å². The van der Waals surface area contributed by atoms with Crippen LogP contribution in [0.15, 0.2) is 54.6 Å². The molecule has 0 radical (unpaired) electrons. The van der Waals surface area contributed by atoms with Crippen LogP contribution in [0, 0.1) is 0 Å². The molecular formula is C23H29NO5. The maximum absolute atomic E-state index is 11.6. The number of esters is 2. The molecule has 0 heterocycles. The summed E-state index contributed by atoms with van der Waals surface area (Å²) >= 11 is 0. The van der Waals surface area contributed by atoms with Crippen LogP contribution in [-0.2, 0) is 20.8 Å². The lowest BCUT2D eigenvalue weighted by molar-refractivity contribution is -0.143. The molecule has 1 N–H and O–H groups in total. The van der Waals surface area contributed by atoms with Gasteiger partial charge in [-0.1, -0.05) is 42.5 Å². The van der Waals surface area contributed by atoms with Crippen LogP contribution in [-0.4, -0.2) is 42.2 Å². The molecule has 2 aromatic carbocycles. The molecular weight excluding hydrogens is 370 g/mol. The van der Waals surface area contributed by atoms with E-state index in [4.69, 9.17) is 9.47 Å². The minimum atomic E-state index is -0.765. The lowest BCUT2D eigenvalue weighted by Crippen LogP contribution is -2.29. The molecule has 2 aromatic rings. The maximum Gasteiger partial charge on any atom is 0.337 e. The molecule has 0 aliphatic carbocycles. The van der Waals surface area contributed by atoms with E-state index in [1.54, 1.807) is 19.1 Å². The summed E-state index contributed by atoms with van der Waals surface area (Å²) in [5.74, 6) is -0.572. The molecule has 0 saturated carbocycles. The number of hydrogen-bond donors (Lipinski definition) is 1. The van der Waals surface area contributed by atoms with E-state index in [1.165, 1.54) is 7.11 Å². The number of methoxy groups -OCH3 is 1. The van der Waals surface area contributed by atoms with E-state index in [-0.39, 0.29) is 11.9 Å². The van der Waals surface area contributed by atoms with Gasteiger partial charge in [-0.3, -0.25) is 9.69 Å². The maximum atomic E-state index is 11.6. The van der Waals surface area contributed by atoms with Crippen molar-refractivity contribution in [1.29, 1.82) is 0 Å². The fraction of sp³-hybridized carbons (Fsp3) is 0.391. The van der Waals surface area contributed by atoms with E-state index in [2.05, 4.69) is 0 Å². The van der Waals surface area contributed by atoms with Gasteiger partial charge >= 0.3 is 11.9 Å². The summed E-state index contributed by atoms with van der Waals surface area (Å²) in [5, 5.41) is 10.9. The molecule has 1 atom stereocenters. The van der Waals surface area contributed by atoms with E-state index in [0.29, 0.717) is 38.1 Å². The molecule has 156 valence electrons. The van der Waals surface area contributed by atoms with Crippen LogP contribution in [0.2, 0.25) is 0 Å². The summed E-state index contributed by atoms with van der Waals surface area (Å²) < 4.78 is 9.69. The molecule has 0 aliphatic heterocycles. The number of rotatable bonds is 11. The Kier molecular flexibility index (Phi) is 9.34. The van der Waals surface area contributed by atoms with Crippen LogP contribution in [0.5, 0.6) is 0 Å². The first kappa shape index (κ1) is 22.6. The van der Waals surface area contributed by atoms with Gasteiger partial charge in [0, 0.05) is 19.5 Å². The summed E-state index contributed by atoms with van der Waals surface area (Å²) in [6.07, 6.45) is 1.05. The summed E-state index contributed by atoms with van der Waals surface area (Å²) in [5.41, 5.74) is 2.27. The minimum Gasteiger partial charge on any atom is -0.466 e. The minimum absolute atomic E-state index is 0.193. The normalized spacial score (nSPS) is 11.9. The number of carbonyl (C=O) groups is 2. The third-order valence-electron chi connectivity index (χ3n) is 4.59. The van der Waals surface area contributed by atoms with Crippen LogP contribution in [0.1, 0.15) is 53.9 Å². The van der Waals surface area contributed by atoms with Crippen molar-refractivity contribution < 1.29 is 24.2 Å². The Balaban J connectivity index is 2.03. The van der Waals surface area contributed by atoms with E-state index < -0.39 is 6.23 Å². The Hall–Kier alpha value is -2.70. The fourth-order valence-corrected chi connectivity index (χ4v) is 3.04. The highest BCUT2D eigenvalue weighted by Gasteiger charge is 2.18. The van der Waals surface area contributed by atoms with Crippen molar-refractivity contribution in [3.8, 4) is 0 Å². The third-order valence-corrected chi connectivity index (χ3v) is 4.59. The van der Waals surface area contributed by atoms with E-state index >= 15 is 0 Å². The van der Waals surface area contributed by atoms with Crippen molar-refractivity contribution >= 4 is 11.9 Å². The Morgan fingerprint density at radius 1 is 1.03 bits per heavy atom. The van der Waals surface area contributed by atoms with Crippen molar-refractivity contribution in [3.05, 3.63) is 71.3 Å². The van der Waals surface area contributed by atoms with Gasteiger partial charge in [-0.05, 0) is 43.0 Å². The smallest absolute Gasteiger partial charge is 0.337 e. The largest absolute Gasteiger partial charge is 0.466 e. The van der Waals surface area contributed by atoms with Crippen LogP contribution in [0.25, 0.3) is 0 Å². The highest BCUT2D eigenvalue weighted by atomic mass is 16.5. The van der Waals surface area contributed by atoms with Crippen molar-refractivity contribution in [1.82, 2.24) is 4.90 Å². The molecule has 6 nitrogen and oxygen atoms in total. The number of unbranched alkanes of at least 4 members (excludes halogenated alkanes) is 1. The monoisotopic (exact) mass is 399 g/mol. The second-order valence-electron chi connectivity index (χ2n) is 6.71. The molecule has 0 aromatic heterocycles. The van der Waals surface area contributed by atoms with Crippen molar-refractivity contribution in [3.63, 3.8) is 0 Å². The third kappa shape index (κ3) is 7.33. The Bertz CT molecular complexity index is 761. The van der Waals surface area contributed by atoms with E-state index in [0.717, 1.165) is 17.5 Å². The topological polar surface area (TPSA) is 76.1 Å². The van der Waals surface area contributed by atoms with Crippen molar-refractivity contribution in [2.24, 2.45) is 0 Å². The quantitative estimate of drug-likeness (QED) is 0.353. The summed E-state index contributed by atoms with van der Waals surface area (Å²) in [6.45, 7) is 3.31. The van der Waals surface area contributed by atoms with Gasteiger partial charge in [0.25, 0.3) is 0 Å². The SMILES string of the molecule is CCOC(=O)CCCCN(Cc1ccc(C(=O)OC)cc1)C(O)c1ccccc1. The van der Waals surface area contributed by atoms with Crippen LogP contribution in [0.4, 0.5) is 0 Å². The van der Waals surface area contributed by atoms with Gasteiger partial charge < -0.3 is 14.6 Å². The fourth-order valence-electron chi connectivity index (χ4n) is 3.04. The van der Waals surface area contributed by atoms with Crippen LogP contribution in [0.3, 0.4) is 0 Å². The second kappa shape index (κ2) is 12.0. The molecule has 0 aliphatic rings. The van der Waals surface area contributed by atoms with Gasteiger partial charge in [-0.2, -0.15) is 0 Å². The number of hydrogen-bond acceptors (Lipinski definition) is 6. The van der Waals surface area contributed by atoms with Crippen molar-refractivity contribution in [2.75, 3.05) is 20.3 Å². The molecule has 0 saturated heterocycles. The number of ether oxygens (including phenoxy) is 2. The first-order chi connectivity index (χ1) is 14.0. The zero-order valence-electron chi connectivity index (χ0n) is 17.0. The predicted octanol–water partition coefficient (Wildman–Crippen LogP) is 3.70. The predicted molar refractivity (Wildman–Crippen MR) is 110 cm³/mol. The zero-order chi connectivity index (χ0) is 21.1. The zero-order valence-corrected chi connectivity index (χ0v) is 17.0. The van der Waals surface area contributed by atoms with Gasteiger partial charge in [0.2, 0.25) is 0 Å². The van der Waals surface area contributed by atoms with Crippen molar-refractivity contribution in [2.45, 2.75) is 39.0 Å². The summed E-state index contributed by atoms with van der Waals surface area (Å²) in [7, 11) is 1.35. The molecule has 1 unspecified atom stereocenters. The number of aliphatic hydroxyl groups excluding tert-OH is 1. The Labute approximate surface area is 172 Å². The molecule has 0 spiro atoms. The average Bonchev–Trinajstić information content (AvgIpc) is 2.76. The van der Waals surface area contributed by atoms with Gasteiger partial charge in [0.05, 0.1) is 19.3 Å². The van der Waals surface area contributed by atoms with Gasteiger partial charge in [0.1, 0.15) is 6.23 Å². The van der Waals surface area contributed by atoms with Gasteiger partial charge in [-0.15, -0.1) is 0 Å². The summed E-state index contributed by atoms with van der Waals surface area (Å²) in [4.78, 5) is 25.1. The number of benzene rings is 2. The highest BCUT2D eigenvalue weighted by Crippen LogP contribution is 2.21. The summed E-state index contributed by atoms with van der Waals surface area (Å²) in [6, 6.07) is 16.6. The number of aliphatic hydroxyl groups is 1. The lowest BCUT2D eigenvalue weighted by atomic mass is 10.1.